The number of allylic oxidation sites excluding steroid dienone is 1. The van der Waals surface area contributed by atoms with Crippen molar-refractivity contribution in [2.45, 2.75) is 6.92 Å². The minimum Gasteiger partial charge on any atom is -0.295 e. The second-order valence-corrected chi connectivity index (χ2v) is 3.26. The number of benzene rings is 1. The number of terminal acetylenes is 1. The highest BCUT2D eigenvalue weighted by Crippen LogP contribution is 2.16. The van der Waals surface area contributed by atoms with Gasteiger partial charge in [-0.2, -0.15) is 0 Å². The second kappa shape index (κ2) is 4.64. The van der Waals surface area contributed by atoms with Gasteiger partial charge in [0.25, 0.3) is 0 Å². The minimum absolute atomic E-state index is 0.0112. The molecule has 1 aromatic carbocycles. The van der Waals surface area contributed by atoms with Crippen LogP contribution in [0.1, 0.15) is 18.1 Å². The molecule has 0 saturated carbocycles. The van der Waals surface area contributed by atoms with Gasteiger partial charge in [-0.3, -0.25) is 4.79 Å². The molecule has 70 valence electrons. The number of halogens is 1. The van der Waals surface area contributed by atoms with Crippen LogP contribution in [0.25, 0.3) is 6.08 Å². The first-order valence-electron chi connectivity index (χ1n) is 4.08. The van der Waals surface area contributed by atoms with Gasteiger partial charge in [-0.25, -0.2) is 0 Å². The maximum Gasteiger partial charge on any atom is 0.152 e. The van der Waals surface area contributed by atoms with Gasteiger partial charge < -0.3 is 0 Å². The summed E-state index contributed by atoms with van der Waals surface area (Å²) in [6.45, 7) is 1.49. The van der Waals surface area contributed by atoms with E-state index >= 15 is 0 Å². The summed E-state index contributed by atoms with van der Waals surface area (Å²) < 4.78 is 0. The van der Waals surface area contributed by atoms with Gasteiger partial charge in [-0.15, -0.1) is 6.42 Å². The highest BCUT2D eigenvalue weighted by Gasteiger charge is 1.97. The number of carbonyl (C=O) groups is 1. The lowest BCUT2D eigenvalue weighted by Crippen LogP contribution is -1.84. The van der Waals surface area contributed by atoms with Crippen molar-refractivity contribution in [2.24, 2.45) is 0 Å². The number of ketones is 1. The van der Waals surface area contributed by atoms with E-state index in [1.165, 1.54) is 13.0 Å². The molecule has 14 heavy (non-hydrogen) atoms. The molecule has 0 atom stereocenters. The third-order valence-electron chi connectivity index (χ3n) is 1.67. The standard InChI is InChI=1S/C12H9ClO/c1-3-10-8-12(13)7-6-11(10)5-4-9(2)14/h1,4-8H,2H3/b5-4+. The van der Waals surface area contributed by atoms with Crippen LogP contribution in [-0.4, -0.2) is 5.78 Å². The van der Waals surface area contributed by atoms with Crippen molar-refractivity contribution in [1.29, 1.82) is 0 Å². The van der Waals surface area contributed by atoms with Gasteiger partial charge in [0.1, 0.15) is 0 Å². The van der Waals surface area contributed by atoms with E-state index in [2.05, 4.69) is 5.92 Å². The van der Waals surface area contributed by atoms with Gasteiger partial charge >= 0.3 is 0 Å². The summed E-state index contributed by atoms with van der Waals surface area (Å²) in [5.74, 6) is 2.50. The van der Waals surface area contributed by atoms with Gasteiger partial charge in [-0.1, -0.05) is 29.7 Å². The van der Waals surface area contributed by atoms with Crippen molar-refractivity contribution in [3.63, 3.8) is 0 Å². The summed E-state index contributed by atoms with van der Waals surface area (Å²) >= 11 is 5.77. The maximum absolute atomic E-state index is 10.7. The van der Waals surface area contributed by atoms with Crippen LogP contribution < -0.4 is 0 Å². The SMILES string of the molecule is C#Cc1cc(Cl)ccc1/C=C/C(C)=O. The van der Waals surface area contributed by atoms with Crippen LogP contribution in [0.4, 0.5) is 0 Å². The van der Waals surface area contributed by atoms with E-state index in [-0.39, 0.29) is 5.78 Å². The molecular formula is C12H9ClO. The molecule has 0 N–H and O–H groups in total. The normalized spacial score (nSPS) is 10.1. The molecule has 0 fully saturated rings. The Morgan fingerprint density at radius 2 is 2.29 bits per heavy atom. The summed E-state index contributed by atoms with van der Waals surface area (Å²) in [4.78, 5) is 10.7. The number of rotatable bonds is 2. The van der Waals surface area contributed by atoms with Crippen molar-refractivity contribution in [1.82, 2.24) is 0 Å². The third kappa shape index (κ3) is 2.76. The summed E-state index contributed by atoms with van der Waals surface area (Å²) in [6.07, 6.45) is 8.46. The topological polar surface area (TPSA) is 17.1 Å². The average Bonchev–Trinajstić information content (AvgIpc) is 2.15. The van der Waals surface area contributed by atoms with E-state index < -0.39 is 0 Å². The Morgan fingerprint density at radius 1 is 1.57 bits per heavy atom. The lowest BCUT2D eigenvalue weighted by molar-refractivity contribution is -0.112. The van der Waals surface area contributed by atoms with E-state index in [0.717, 1.165) is 5.56 Å². The van der Waals surface area contributed by atoms with Gasteiger partial charge in [-0.05, 0) is 30.7 Å². The molecule has 1 rings (SSSR count). The molecule has 1 nitrogen and oxygen atoms in total. The highest BCUT2D eigenvalue weighted by molar-refractivity contribution is 6.30. The fraction of sp³-hybridized carbons (Fsp3) is 0.0833. The molecule has 0 spiro atoms. The Hall–Kier alpha value is -1.52. The van der Waals surface area contributed by atoms with Crippen LogP contribution in [0.2, 0.25) is 5.02 Å². The Morgan fingerprint density at radius 3 is 2.86 bits per heavy atom. The van der Waals surface area contributed by atoms with Crippen LogP contribution in [0.15, 0.2) is 24.3 Å². The molecule has 0 amide bonds. The van der Waals surface area contributed by atoms with Crippen LogP contribution in [0.3, 0.4) is 0 Å². The molecule has 0 unspecified atom stereocenters. The predicted octanol–water partition coefficient (Wildman–Crippen LogP) is 2.92. The molecule has 2 heteroatoms. The van der Waals surface area contributed by atoms with Crippen molar-refractivity contribution < 1.29 is 4.79 Å². The van der Waals surface area contributed by atoms with Crippen molar-refractivity contribution in [3.05, 3.63) is 40.4 Å². The van der Waals surface area contributed by atoms with E-state index in [1.54, 1.807) is 24.3 Å². The number of hydrogen-bond donors (Lipinski definition) is 0. The summed E-state index contributed by atoms with van der Waals surface area (Å²) in [5, 5.41) is 0.595. The van der Waals surface area contributed by atoms with Crippen LogP contribution >= 0.6 is 11.6 Å². The molecule has 0 radical (unpaired) electrons. The summed E-state index contributed by atoms with van der Waals surface area (Å²) in [6, 6.07) is 5.22. The first-order chi connectivity index (χ1) is 6.63. The molecule has 0 aliphatic heterocycles. The van der Waals surface area contributed by atoms with Gasteiger partial charge in [0.2, 0.25) is 0 Å². The fourth-order valence-corrected chi connectivity index (χ4v) is 1.18. The molecule has 0 aliphatic rings. The Bertz CT molecular complexity index is 424. The van der Waals surface area contributed by atoms with E-state index in [0.29, 0.717) is 10.6 Å². The zero-order valence-corrected chi connectivity index (χ0v) is 8.51. The maximum atomic E-state index is 10.7. The molecule has 0 heterocycles. The molecule has 0 saturated heterocycles. The minimum atomic E-state index is -0.0112. The van der Waals surface area contributed by atoms with Crippen LogP contribution in [0, 0.1) is 12.3 Å². The zero-order chi connectivity index (χ0) is 10.6. The molecule has 0 bridgehead atoms. The molecule has 1 aromatic rings. The largest absolute Gasteiger partial charge is 0.295 e. The predicted molar refractivity (Wildman–Crippen MR) is 59.1 cm³/mol. The van der Waals surface area contributed by atoms with Crippen molar-refractivity contribution in [2.75, 3.05) is 0 Å². The first-order valence-corrected chi connectivity index (χ1v) is 4.46. The lowest BCUT2D eigenvalue weighted by atomic mass is 10.1. The highest BCUT2D eigenvalue weighted by atomic mass is 35.5. The molecule has 0 aromatic heterocycles. The number of carbonyl (C=O) groups excluding carboxylic acids is 1. The van der Waals surface area contributed by atoms with Gasteiger partial charge in [0, 0.05) is 10.6 Å². The Balaban J connectivity index is 3.10. The van der Waals surface area contributed by atoms with E-state index in [4.69, 9.17) is 18.0 Å². The fourth-order valence-electron chi connectivity index (χ4n) is 1.01. The summed E-state index contributed by atoms with van der Waals surface area (Å²) in [7, 11) is 0. The Kier molecular flexibility index (Phi) is 3.50. The molecular weight excluding hydrogens is 196 g/mol. The monoisotopic (exact) mass is 204 g/mol. The van der Waals surface area contributed by atoms with Crippen molar-refractivity contribution in [3.8, 4) is 12.3 Å². The zero-order valence-electron chi connectivity index (χ0n) is 7.75. The number of hydrogen-bond acceptors (Lipinski definition) is 1. The quantitative estimate of drug-likeness (QED) is 0.535. The van der Waals surface area contributed by atoms with Gasteiger partial charge in [0.15, 0.2) is 5.78 Å². The summed E-state index contributed by atoms with van der Waals surface area (Å²) in [5.41, 5.74) is 1.52. The smallest absolute Gasteiger partial charge is 0.152 e. The van der Waals surface area contributed by atoms with E-state index in [9.17, 15) is 4.79 Å². The van der Waals surface area contributed by atoms with Crippen LogP contribution in [0.5, 0.6) is 0 Å². The van der Waals surface area contributed by atoms with Crippen molar-refractivity contribution >= 4 is 23.5 Å². The molecule has 0 aliphatic carbocycles. The van der Waals surface area contributed by atoms with Crippen LogP contribution in [-0.2, 0) is 4.79 Å². The average molecular weight is 205 g/mol. The van der Waals surface area contributed by atoms with Gasteiger partial charge in [0.05, 0.1) is 0 Å². The van der Waals surface area contributed by atoms with E-state index in [1.807, 2.05) is 0 Å². The first kappa shape index (κ1) is 10.6. The second-order valence-electron chi connectivity index (χ2n) is 2.82. The third-order valence-corrected chi connectivity index (χ3v) is 1.90. The Labute approximate surface area is 88.4 Å². The lowest BCUT2D eigenvalue weighted by Gasteiger charge is -1.98.